The molecule has 0 fully saturated rings. The SMILES string of the molecule is COC(=O)C(CC(C(=O)OC)n1nnc(-c2ccccc2)n1)N=[N+]=[N-]. The summed E-state index contributed by atoms with van der Waals surface area (Å²) in [5, 5.41) is 15.3. The standard InChI is InChI=1S/C14H15N7O4/c1-24-13(22)10(16-19-15)8-11(14(23)25-2)21-18-12(17-20-21)9-6-4-3-5-7-9/h3-7,10-11H,8H2,1-2H3. The number of carbonyl (C=O) groups is 2. The molecule has 130 valence electrons. The van der Waals surface area contributed by atoms with E-state index in [4.69, 9.17) is 10.3 Å². The Hall–Kier alpha value is -3.46. The summed E-state index contributed by atoms with van der Waals surface area (Å²) in [6.07, 6.45) is -0.228. The van der Waals surface area contributed by atoms with Crippen molar-refractivity contribution in [3.05, 3.63) is 40.8 Å². The van der Waals surface area contributed by atoms with Crippen LogP contribution in [0, 0.1) is 0 Å². The Morgan fingerprint density at radius 2 is 1.92 bits per heavy atom. The molecule has 2 atom stereocenters. The van der Waals surface area contributed by atoms with Crippen molar-refractivity contribution < 1.29 is 19.1 Å². The summed E-state index contributed by atoms with van der Waals surface area (Å²) in [5.41, 5.74) is 9.30. The number of hydrogen-bond donors (Lipinski definition) is 0. The van der Waals surface area contributed by atoms with Crippen molar-refractivity contribution in [1.29, 1.82) is 0 Å². The van der Waals surface area contributed by atoms with Crippen LogP contribution in [0.4, 0.5) is 0 Å². The second kappa shape index (κ2) is 8.41. The molecular weight excluding hydrogens is 330 g/mol. The first-order valence-corrected chi connectivity index (χ1v) is 7.15. The average molecular weight is 345 g/mol. The normalized spacial score (nSPS) is 12.6. The van der Waals surface area contributed by atoms with Gasteiger partial charge in [-0.1, -0.05) is 35.4 Å². The van der Waals surface area contributed by atoms with Gasteiger partial charge in [-0.15, -0.1) is 15.0 Å². The summed E-state index contributed by atoms with van der Waals surface area (Å²) in [6.45, 7) is 0. The van der Waals surface area contributed by atoms with Gasteiger partial charge in [-0.2, -0.15) is 0 Å². The highest BCUT2D eigenvalue weighted by molar-refractivity contribution is 5.79. The van der Waals surface area contributed by atoms with E-state index in [9.17, 15) is 9.59 Å². The minimum atomic E-state index is -1.23. The molecule has 0 amide bonds. The minimum Gasteiger partial charge on any atom is -0.469 e. The van der Waals surface area contributed by atoms with Crippen LogP contribution in [0.3, 0.4) is 0 Å². The van der Waals surface area contributed by atoms with E-state index < -0.39 is 24.0 Å². The molecule has 25 heavy (non-hydrogen) atoms. The molecule has 2 unspecified atom stereocenters. The van der Waals surface area contributed by atoms with E-state index in [0.717, 1.165) is 11.9 Å². The van der Waals surface area contributed by atoms with Crippen molar-refractivity contribution in [2.45, 2.75) is 18.5 Å². The third-order valence-electron chi connectivity index (χ3n) is 3.32. The van der Waals surface area contributed by atoms with Crippen molar-refractivity contribution in [2.75, 3.05) is 14.2 Å². The lowest BCUT2D eigenvalue weighted by molar-refractivity contribution is -0.147. The van der Waals surface area contributed by atoms with Crippen LogP contribution in [-0.4, -0.2) is 52.4 Å². The fourth-order valence-corrected chi connectivity index (χ4v) is 2.08. The van der Waals surface area contributed by atoms with E-state index in [1.165, 1.54) is 7.11 Å². The second-order valence-electron chi connectivity index (χ2n) is 4.82. The van der Waals surface area contributed by atoms with Crippen LogP contribution in [0.1, 0.15) is 12.5 Å². The van der Waals surface area contributed by atoms with Gasteiger partial charge >= 0.3 is 11.9 Å². The first kappa shape index (κ1) is 17.9. The largest absolute Gasteiger partial charge is 0.469 e. The van der Waals surface area contributed by atoms with Crippen LogP contribution >= 0.6 is 0 Å². The van der Waals surface area contributed by atoms with Gasteiger partial charge in [0.2, 0.25) is 5.82 Å². The van der Waals surface area contributed by atoms with Gasteiger partial charge in [-0.3, -0.25) is 4.79 Å². The van der Waals surface area contributed by atoms with E-state index >= 15 is 0 Å². The molecule has 11 nitrogen and oxygen atoms in total. The Morgan fingerprint density at radius 1 is 1.24 bits per heavy atom. The molecule has 1 heterocycles. The van der Waals surface area contributed by atoms with Gasteiger partial charge in [0.15, 0.2) is 6.04 Å². The van der Waals surface area contributed by atoms with Gasteiger partial charge in [-0.25, -0.2) is 4.79 Å². The van der Waals surface area contributed by atoms with Crippen molar-refractivity contribution >= 4 is 11.9 Å². The van der Waals surface area contributed by atoms with Crippen molar-refractivity contribution in [3.63, 3.8) is 0 Å². The monoisotopic (exact) mass is 345 g/mol. The number of nitrogens with zero attached hydrogens (tertiary/aromatic N) is 7. The molecule has 0 saturated heterocycles. The second-order valence-corrected chi connectivity index (χ2v) is 4.82. The molecule has 0 aliphatic rings. The molecule has 1 aromatic carbocycles. The fourth-order valence-electron chi connectivity index (χ4n) is 2.08. The predicted molar refractivity (Wildman–Crippen MR) is 83.9 cm³/mol. The summed E-state index contributed by atoms with van der Waals surface area (Å²) in [5.74, 6) is -1.19. The number of azide groups is 1. The number of methoxy groups -OCH3 is 2. The molecule has 0 spiro atoms. The van der Waals surface area contributed by atoms with Gasteiger partial charge in [0.25, 0.3) is 0 Å². The summed E-state index contributed by atoms with van der Waals surface area (Å²) in [6, 6.07) is 6.68. The van der Waals surface area contributed by atoms with Gasteiger partial charge in [0.1, 0.15) is 6.04 Å². The maximum Gasteiger partial charge on any atom is 0.332 e. The lowest BCUT2D eigenvalue weighted by atomic mass is 10.1. The number of aromatic nitrogens is 4. The van der Waals surface area contributed by atoms with Gasteiger partial charge in [0.05, 0.1) is 14.2 Å². The van der Waals surface area contributed by atoms with E-state index in [0.29, 0.717) is 11.4 Å². The molecule has 2 rings (SSSR count). The lowest BCUT2D eigenvalue weighted by Crippen LogP contribution is -2.30. The predicted octanol–water partition coefficient (Wildman–Crippen LogP) is 1.30. The number of rotatable bonds is 7. The van der Waals surface area contributed by atoms with Crippen LogP contribution < -0.4 is 0 Å². The summed E-state index contributed by atoms with van der Waals surface area (Å²) < 4.78 is 9.29. The Bertz CT molecular complexity index is 785. The Morgan fingerprint density at radius 3 is 2.52 bits per heavy atom. The van der Waals surface area contributed by atoms with Crippen LogP contribution in [0.2, 0.25) is 0 Å². The highest BCUT2D eigenvalue weighted by atomic mass is 16.5. The summed E-state index contributed by atoms with van der Waals surface area (Å²) in [4.78, 5) is 27.4. The third-order valence-corrected chi connectivity index (χ3v) is 3.32. The number of esters is 2. The Balaban J connectivity index is 2.32. The van der Waals surface area contributed by atoms with E-state index in [1.54, 1.807) is 12.1 Å². The number of ether oxygens (including phenoxy) is 2. The number of tetrazole rings is 1. The summed E-state index contributed by atoms with van der Waals surface area (Å²) >= 11 is 0. The molecule has 0 N–H and O–H groups in total. The van der Waals surface area contributed by atoms with Gasteiger partial charge in [0, 0.05) is 16.9 Å². The summed E-state index contributed by atoms with van der Waals surface area (Å²) in [7, 11) is 2.33. The van der Waals surface area contributed by atoms with Crippen LogP contribution in [-0.2, 0) is 19.1 Å². The quantitative estimate of drug-likeness (QED) is 0.318. The maximum atomic E-state index is 12.1. The average Bonchev–Trinajstić information content (AvgIpc) is 3.14. The molecule has 2 aromatic rings. The molecule has 0 aliphatic heterocycles. The van der Waals surface area contributed by atoms with Gasteiger partial charge in [-0.05, 0) is 10.7 Å². The number of carbonyl (C=O) groups excluding carboxylic acids is 2. The molecule has 0 aliphatic carbocycles. The molecular formula is C14H15N7O4. The minimum absolute atomic E-state index is 0.228. The van der Waals surface area contributed by atoms with E-state index in [2.05, 4.69) is 30.2 Å². The van der Waals surface area contributed by atoms with Crippen molar-refractivity contribution in [3.8, 4) is 11.4 Å². The smallest absolute Gasteiger partial charge is 0.332 e. The number of hydrogen-bond acceptors (Lipinski definition) is 8. The van der Waals surface area contributed by atoms with Crippen molar-refractivity contribution in [2.24, 2.45) is 5.11 Å². The van der Waals surface area contributed by atoms with Gasteiger partial charge < -0.3 is 9.47 Å². The Labute approximate surface area is 142 Å². The zero-order valence-corrected chi connectivity index (χ0v) is 13.5. The molecule has 11 heteroatoms. The zero-order chi connectivity index (χ0) is 18.2. The van der Waals surface area contributed by atoms with E-state index in [1.807, 2.05) is 18.2 Å². The Kier molecular flexibility index (Phi) is 6.02. The molecule has 0 saturated carbocycles. The lowest BCUT2D eigenvalue weighted by Gasteiger charge is -2.16. The fraction of sp³-hybridized carbons (Fsp3) is 0.357. The first-order chi connectivity index (χ1) is 12.1. The van der Waals surface area contributed by atoms with Crippen LogP contribution in [0.15, 0.2) is 35.4 Å². The van der Waals surface area contributed by atoms with Crippen LogP contribution in [0.5, 0.6) is 0 Å². The topological polar surface area (TPSA) is 145 Å². The molecule has 0 bridgehead atoms. The zero-order valence-electron chi connectivity index (χ0n) is 13.5. The van der Waals surface area contributed by atoms with E-state index in [-0.39, 0.29) is 6.42 Å². The molecule has 0 radical (unpaired) electrons. The maximum absolute atomic E-state index is 12.1. The van der Waals surface area contributed by atoms with Crippen molar-refractivity contribution in [1.82, 2.24) is 20.2 Å². The third kappa shape index (κ3) is 4.30. The number of benzene rings is 1. The first-order valence-electron chi connectivity index (χ1n) is 7.15. The molecule has 1 aromatic heterocycles. The highest BCUT2D eigenvalue weighted by Gasteiger charge is 2.31. The van der Waals surface area contributed by atoms with Crippen LogP contribution in [0.25, 0.3) is 21.8 Å². The highest BCUT2D eigenvalue weighted by Crippen LogP contribution is 2.19.